The summed E-state index contributed by atoms with van der Waals surface area (Å²) >= 11 is 12.5. The van der Waals surface area contributed by atoms with Crippen LogP contribution in [0.25, 0.3) is 16.9 Å². The van der Waals surface area contributed by atoms with Gasteiger partial charge in [-0.15, -0.1) is 35.9 Å². The van der Waals surface area contributed by atoms with Crippen molar-refractivity contribution in [3.8, 4) is 17.2 Å². The Labute approximate surface area is 485 Å². The first kappa shape index (κ1) is 68.8. The summed E-state index contributed by atoms with van der Waals surface area (Å²) in [5.74, 6) is 0.270. The highest BCUT2D eigenvalue weighted by molar-refractivity contribution is 7.98. The van der Waals surface area contributed by atoms with E-state index < -0.39 is 23.7 Å². The van der Waals surface area contributed by atoms with E-state index in [2.05, 4.69) is 42.9 Å². The molecule has 0 atom stereocenters. The van der Waals surface area contributed by atoms with E-state index in [1.807, 2.05) is 0 Å². The lowest BCUT2D eigenvalue weighted by molar-refractivity contribution is 0.0518. The van der Waals surface area contributed by atoms with Crippen LogP contribution in [0.4, 0.5) is 13.2 Å². The van der Waals surface area contributed by atoms with Gasteiger partial charge in [0, 0.05) is 59.6 Å². The van der Waals surface area contributed by atoms with Crippen LogP contribution in [0.15, 0.2) is 120 Å². The van der Waals surface area contributed by atoms with Crippen LogP contribution in [-0.2, 0) is 31.5 Å². The van der Waals surface area contributed by atoms with Crippen molar-refractivity contribution in [1.82, 2.24) is 43.8 Å². The largest absolute Gasteiger partial charge is 0.508 e. The number of thiol groups is 1. The van der Waals surface area contributed by atoms with Crippen LogP contribution in [0.5, 0.6) is 17.2 Å². The number of thioether (sulfide) groups is 2. The second-order valence-corrected chi connectivity index (χ2v) is 17.5. The van der Waals surface area contributed by atoms with Gasteiger partial charge >= 0.3 is 17.9 Å². The fourth-order valence-corrected chi connectivity index (χ4v) is 8.54. The zero-order valence-electron chi connectivity index (χ0n) is 42.5. The number of carbonyl (C=O) groups excluding carboxylic acids is 3. The van der Waals surface area contributed by atoms with Crippen LogP contribution < -0.4 is 9.47 Å². The van der Waals surface area contributed by atoms with Gasteiger partial charge in [-0.25, -0.2) is 56.1 Å². The molecule has 430 valence electrons. The smallest absolute Gasteiger partial charge is 0.343 e. The topological polar surface area (TPSA) is 228 Å². The minimum Gasteiger partial charge on any atom is -0.508 e. The van der Waals surface area contributed by atoms with E-state index in [-0.39, 0.29) is 63.4 Å². The Hall–Kier alpha value is -7.29. The van der Waals surface area contributed by atoms with Crippen molar-refractivity contribution >= 4 is 95.0 Å². The van der Waals surface area contributed by atoms with E-state index in [1.165, 1.54) is 98.1 Å². The number of aliphatic hydroxyl groups excluding tert-OH is 1. The molecule has 6 heterocycles. The Balaban J connectivity index is 0.000000371. The van der Waals surface area contributed by atoms with Crippen molar-refractivity contribution in [1.29, 1.82) is 0 Å². The standard InChI is InChI=1S/C17H16FN3O3S.C16H14FN3O3S.C9H8ClN3O2.C8H9FOS.CH4O.2CH4.ClH/c1-3-24-17(22)13-9-19-21-7-6-15(20-16(13)21)25-10-11-8-12(18)4-5-14(11)23-2;1-2-23-16(22)12-8-18-20-6-5-14(19-15(12)20)24-9-10-7-11(17)3-4-13(10)21;1-2-15-9(14)6-5-11-13-4-3-7(10)12-8(6)13;1-10-8-3-2-7(9)4-6(8)5-11;1-2;;;/h4-9H,3,10H2,1-2H3;3-8,21H,2,9H2,1H3;3-5H,2H2,1H3;2-4,11H,5H2,1H3;2H,1H3;2*1H4;1H. The molecule has 0 unspecified atom stereocenters. The highest BCUT2D eigenvalue weighted by Gasteiger charge is 2.18. The number of phenolic OH excluding ortho intramolecular Hbond substituents is 1. The summed E-state index contributed by atoms with van der Waals surface area (Å²) < 4.78 is 68.8. The first-order valence-electron chi connectivity index (χ1n) is 22.8. The van der Waals surface area contributed by atoms with Crippen LogP contribution in [0.1, 0.15) is 83.4 Å². The van der Waals surface area contributed by atoms with E-state index in [0.29, 0.717) is 84.2 Å². The molecule has 0 fully saturated rings. The van der Waals surface area contributed by atoms with Crippen LogP contribution in [0, 0.1) is 17.5 Å². The number of phenols is 1. The first-order chi connectivity index (χ1) is 37.2. The normalized spacial score (nSPS) is 10.1. The number of aromatic hydroxyl groups is 1. The lowest BCUT2D eigenvalue weighted by Gasteiger charge is -2.08. The van der Waals surface area contributed by atoms with Gasteiger partial charge in [0.2, 0.25) is 0 Å². The average Bonchev–Trinajstić information content (AvgIpc) is 4.19. The monoisotopic (exact) mass is 1210 g/mol. The quantitative estimate of drug-likeness (QED) is 0.0285. The first-order valence-corrected chi connectivity index (χ1v) is 25.8. The molecular weight excluding hydrogens is 1150 g/mol. The summed E-state index contributed by atoms with van der Waals surface area (Å²) in [5.41, 5.74) is 4.11. The minimum atomic E-state index is -0.482. The number of ether oxygens (including phenoxy) is 5. The highest BCUT2D eigenvalue weighted by Crippen LogP contribution is 2.30. The average molecular weight is 1210 g/mol. The maximum Gasteiger partial charge on any atom is 0.343 e. The number of fused-ring (bicyclic) bond motifs is 3. The molecule has 27 heteroatoms. The third-order valence-corrected chi connectivity index (χ3v) is 12.5. The van der Waals surface area contributed by atoms with Crippen molar-refractivity contribution in [2.24, 2.45) is 0 Å². The lowest BCUT2D eigenvalue weighted by atomic mass is 10.2. The number of benzene rings is 3. The second-order valence-electron chi connectivity index (χ2n) is 14.8. The summed E-state index contributed by atoms with van der Waals surface area (Å²) in [6.45, 7) is 6.07. The molecule has 0 aliphatic heterocycles. The van der Waals surface area contributed by atoms with Crippen LogP contribution in [0.2, 0.25) is 5.15 Å². The molecule has 0 aliphatic carbocycles. The number of nitrogens with zero attached hydrogens (tertiary/aromatic N) is 9. The number of aromatic nitrogens is 9. The minimum absolute atomic E-state index is 0. The van der Waals surface area contributed by atoms with Gasteiger partial charge in [0.1, 0.15) is 66.6 Å². The zero-order chi connectivity index (χ0) is 56.0. The maximum atomic E-state index is 13.4. The van der Waals surface area contributed by atoms with Crippen molar-refractivity contribution in [2.45, 2.75) is 62.9 Å². The molecule has 9 aromatic rings. The molecule has 9 rings (SSSR count). The van der Waals surface area contributed by atoms with Gasteiger partial charge < -0.3 is 33.9 Å². The molecule has 0 amide bonds. The van der Waals surface area contributed by atoms with Crippen molar-refractivity contribution in [3.05, 3.63) is 166 Å². The molecule has 6 aromatic heterocycles. The predicted octanol–water partition coefficient (Wildman–Crippen LogP) is 11.5. The molecule has 0 spiro atoms. The van der Waals surface area contributed by atoms with Crippen LogP contribution >= 0.6 is 60.2 Å². The Morgan fingerprint density at radius 3 is 1.35 bits per heavy atom. The number of halogens is 5. The molecule has 80 heavy (non-hydrogen) atoms. The molecule has 0 saturated heterocycles. The third kappa shape index (κ3) is 18.9. The summed E-state index contributed by atoms with van der Waals surface area (Å²) in [5, 5.41) is 30.5. The van der Waals surface area contributed by atoms with Crippen LogP contribution in [-0.4, -0.2) is 113 Å². The maximum absolute atomic E-state index is 13.4. The van der Waals surface area contributed by atoms with Gasteiger partial charge in [0.25, 0.3) is 0 Å². The molecule has 0 radical (unpaired) electrons. The number of rotatable bonds is 15. The van der Waals surface area contributed by atoms with Gasteiger partial charge in [0.05, 0.1) is 52.6 Å². The van der Waals surface area contributed by atoms with Crippen molar-refractivity contribution < 1.29 is 61.5 Å². The number of carbonyl (C=O) groups is 3. The van der Waals surface area contributed by atoms with E-state index in [1.54, 1.807) is 83.9 Å². The summed E-state index contributed by atoms with van der Waals surface area (Å²) in [7, 11) is 4.10. The zero-order valence-corrected chi connectivity index (χ0v) is 46.6. The van der Waals surface area contributed by atoms with Gasteiger partial charge in [-0.1, -0.05) is 26.5 Å². The van der Waals surface area contributed by atoms with Gasteiger partial charge in [-0.2, -0.15) is 27.9 Å². The van der Waals surface area contributed by atoms with Gasteiger partial charge in [-0.05, 0) is 93.6 Å². The third-order valence-electron chi connectivity index (χ3n) is 9.96. The molecule has 19 nitrogen and oxygen atoms in total. The Bertz CT molecular complexity index is 3430. The summed E-state index contributed by atoms with van der Waals surface area (Å²) in [6, 6.07) is 17.7. The van der Waals surface area contributed by atoms with E-state index in [0.717, 1.165) is 18.2 Å². The number of hydrogen-bond donors (Lipinski definition) is 3. The molecule has 0 aliphatic rings. The number of aliphatic hydroxyl groups is 1. The summed E-state index contributed by atoms with van der Waals surface area (Å²) in [6.07, 6.45) is 9.29. The lowest BCUT2D eigenvalue weighted by Crippen LogP contribution is -2.05. The molecular formula is C53H60Cl2F3N9O10S3. The van der Waals surface area contributed by atoms with Gasteiger partial charge in [-0.3, -0.25) is 0 Å². The Morgan fingerprint density at radius 1 is 0.575 bits per heavy atom. The SMILES string of the molecule is C.C.CCOC(=O)c1cnn2ccc(Cl)nc12.CCOC(=O)c1cnn2ccc(SCc3cc(F)ccc3O)nc12.CCOC(=O)c1cnn2ccc(SCc3cc(F)ccc3OC)nc12.CO.COc1ccc(F)cc1CS.Cl. The van der Waals surface area contributed by atoms with Crippen molar-refractivity contribution in [2.75, 3.05) is 41.2 Å². The Morgan fingerprint density at radius 2 is 0.938 bits per heavy atom. The number of esters is 3. The molecule has 2 N–H and O–H groups in total. The Kier molecular flexibility index (Phi) is 29.8. The fourth-order valence-electron chi connectivity index (χ4n) is 6.47. The molecule has 0 bridgehead atoms. The highest BCUT2D eigenvalue weighted by atomic mass is 35.5. The fraction of sp³-hybridized carbons (Fsp3) is 0.264. The van der Waals surface area contributed by atoms with Crippen LogP contribution in [0.3, 0.4) is 0 Å². The molecule has 3 aromatic carbocycles. The van der Waals surface area contributed by atoms with Crippen molar-refractivity contribution in [3.63, 3.8) is 0 Å². The number of methoxy groups -OCH3 is 2. The van der Waals surface area contributed by atoms with Gasteiger partial charge in [0.15, 0.2) is 16.9 Å². The van der Waals surface area contributed by atoms with E-state index >= 15 is 0 Å². The summed E-state index contributed by atoms with van der Waals surface area (Å²) in [4.78, 5) is 48.2. The van der Waals surface area contributed by atoms with E-state index in [9.17, 15) is 32.7 Å². The number of hydrogen-bond acceptors (Lipinski definition) is 19. The van der Waals surface area contributed by atoms with E-state index in [4.69, 9.17) is 40.4 Å². The molecule has 0 saturated carbocycles. The second kappa shape index (κ2) is 34.7. The predicted molar refractivity (Wildman–Crippen MR) is 306 cm³/mol.